The second-order valence-electron chi connectivity index (χ2n) is 2.75. The van der Waals surface area contributed by atoms with Gasteiger partial charge < -0.3 is 10.7 Å². The molecule has 0 aliphatic heterocycles. The molecule has 0 amide bonds. The van der Waals surface area contributed by atoms with Gasteiger partial charge in [0.25, 0.3) is 0 Å². The lowest BCUT2D eigenvalue weighted by Gasteiger charge is -2.00. The van der Waals surface area contributed by atoms with Gasteiger partial charge in [0.05, 0.1) is 0 Å². The van der Waals surface area contributed by atoms with E-state index in [1.54, 1.807) is 12.3 Å². The second-order valence-corrected chi connectivity index (χ2v) is 2.75. The molecular weight excluding hydrogens is 124 g/mol. The van der Waals surface area contributed by atoms with Crippen molar-refractivity contribution in [3.05, 3.63) is 12.3 Å². The topological polar surface area (TPSA) is 35.9 Å². The number of rotatable bonds is 4. The molecule has 0 aromatic rings. The molecule has 0 bridgehead atoms. The molecule has 0 saturated heterocycles. The Morgan fingerprint density at radius 2 is 2.20 bits per heavy atom. The number of hydrogen-bond acceptors (Lipinski definition) is 2. The summed E-state index contributed by atoms with van der Waals surface area (Å²) < 4.78 is 0. The van der Waals surface area contributed by atoms with Crippen LogP contribution in [0.1, 0.15) is 20.3 Å². The van der Waals surface area contributed by atoms with Crippen molar-refractivity contribution in [1.82, 2.24) is 5.32 Å². The summed E-state index contributed by atoms with van der Waals surface area (Å²) >= 11 is 0. The summed E-state index contributed by atoms with van der Waals surface area (Å²) in [7, 11) is 1.83. The first-order chi connectivity index (χ1) is 4.66. The second kappa shape index (κ2) is 5.03. The Kier molecular flexibility index (Phi) is 4.63. The number of hydrogen-bond donors (Lipinski definition) is 2. The van der Waals surface area contributed by atoms with Crippen molar-refractivity contribution in [3.63, 3.8) is 0 Å². The van der Waals surface area contributed by atoms with E-state index in [0.29, 0.717) is 11.6 Å². The fraction of sp³-hybridized carbons (Fsp3) is 0.625. The fourth-order valence-electron chi connectivity index (χ4n) is 0.692. The summed E-state index contributed by atoms with van der Waals surface area (Å²) in [5, 5.41) is 10.2. The minimum Gasteiger partial charge on any atom is -0.394 e. The van der Waals surface area contributed by atoms with Crippen molar-refractivity contribution in [1.29, 1.82) is 5.41 Å². The van der Waals surface area contributed by atoms with Crippen LogP contribution in [0.2, 0.25) is 0 Å². The van der Waals surface area contributed by atoms with Crippen LogP contribution >= 0.6 is 0 Å². The maximum Gasteiger partial charge on any atom is 0.0330 e. The first-order valence-corrected chi connectivity index (χ1v) is 3.58. The lowest BCUT2D eigenvalue weighted by atomic mass is 10.1. The lowest BCUT2D eigenvalue weighted by molar-refractivity contribution is 0.683. The van der Waals surface area contributed by atoms with E-state index in [1.165, 1.54) is 0 Å². The molecule has 10 heavy (non-hydrogen) atoms. The van der Waals surface area contributed by atoms with Crippen molar-refractivity contribution in [2.75, 3.05) is 7.05 Å². The lowest BCUT2D eigenvalue weighted by Crippen LogP contribution is -2.00. The molecule has 0 spiro atoms. The van der Waals surface area contributed by atoms with Crippen molar-refractivity contribution in [2.24, 2.45) is 5.92 Å². The maximum atomic E-state index is 7.40. The molecular formula is C8H16N2. The minimum absolute atomic E-state index is 0.578. The Balaban J connectivity index is 3.54. The average Bonchev–Trinajstić information content (AvgIpc) is 1.82. The van der Waals surface area contributed by atoms with E-state index in [2.05, 4.69) is 19.2 Å². The Morgan fingerprint density at radius 3 is 2.60 bits per heavy atom. The van der Waals surface area contributed by atoms with Crippen LogP contribution < -0.4 is 5.32 Å². The van der Waals surface area contributed by atoms with Gasteiger partial charge in [-0.05, 0) is 24.6 Å². The molecule has 2 nitrogen and oxygen atoms in total. The smallest absolute Gasteiger partial charge is 0.0330 e. The molecule has 0 rings (SSSR count). The van der Waals surface area contributed by atoms with Gasteiger partial charge in [-0.25, -0.2) is 0 Å². The van der Waals surface area contributed by atoms with Crippen LogP contribution in [0, 0.1) is 11.3 Å². The van der Waals surface area contributed by atoms with Crippen molar-refractivity contribution >= 4 is 5.71 Å². The van der Waals surface area contributed by atoms with Gasteiger partial charge in [0, 0.05) is 12.8 Å². The SMILES string of the molecule is CN/C=C\C(=N)CC(C)C. The summed E-state index contributed by atoms with van der Waals surface area (Å²) in [6.45, 7) is 4.23. The first kappa shape index (κ1) is 9.21. The van der Waals surface area contributed by atoms with Gasteiger partial charge in [0.15, 0.2) is 0 Å². The van der Waals surface area contributed by atoms with Gasteiger partial charge in [-0.2, -0.15) is 0 Å². The molecule has 0 aromatic heterocycles. The number of nitrogens with one attached hydrogen (secondary N) is 2. The van der Waals surface area contributed by atoms with Gasteiger partial charge >= 0.3 is 0 Å². The Morgan fingerprint density at radius 1 is 1.60 bits per heavy atom. The van der Waals surface area contributed by atoms with Gasteiger partial charge in [0.1, 0.15) is 0 Å². The Hall–Kier alpha value is -0.790. The highest BCUT2D eigenvalue weighted by Crippen LogP contribution is 2.00. The van der Waals surface area contributed by atoms with Crippen LogP contribution in [0.3, 0.4) is 0 Å². The van der Waals surface area contributed by atoms with Gasteiger partial charge in [-0.3, -0.25) is 0 Å². The highest BCUT2D eigenvalue weighted by atomic mass is 14.8. The molecule has 0 aromatic carbocycles. The third kappa shape index (κ3) is 5.35. The Labute approximate surface area is 62.8 Å². The standard InChI is InChI=1S/C8H16N2/c1-7(2)6-8(9)4-5-10-3/h4-5,7,9-10H,6H2,1-3H3/b5-4-,9-8?. The normalized spacial score (nSPS) is 10.8. The van der Waals surface area contributed by atoms with Crippen LogP contribution in [0.25, 0.3) is 0 Å². The summed E-state index contributed by atoms with van der Waals surface area (Å²) in [4.78, 5) is 0. The third-order valence-electron chi connectivity index (χ3n) is 1.08. The van der Waals surface area contributed by atoms with Gasteiger partial charge in [-0.1, -0.05) is 13.8 Å². The molecule has 0 fully saturated rings. The molecule has 0 saturated carbocycles. The van der Waals surface area contributed by atoms with Crippen LogP contribution in [0.4, 0.5) is 0 Å². The predicted octanol–water partition coefficient (Wildman–Crippen LogP) is 1.79. The molecule has 58 valence electrons. The molecule has 0 unspecified atom stereocenters. The van der Waals surface area contributed by atoms with E-state index >= 15 is 0 Å². The summed E-state index contributed by atoms with van der Waals surface area (Å²) in [6, 6.07) is 0. The van der Waals surface area contributed by atoms with Crippen LogP contribution in [0.15, 0.2) is 12.3 Å². The monoisotopic (exact) mass is 140 g/mol. The van der Waals surface area contributed by atoms with E-state index in [-0.39, 0.29) is 0 Å². The van der Waals surface area contributed by atoms with E-state index in [4.69, 9.17) is 5.41 Å². The molecule has 2 heteroatoms. The molecule has 0 aliphatic carbocycles. The van der Waals surface area contributed by atoms with Gasteiger partial charge in [0.2, 0.25) is 0 Å². The highest BCUT2D eigenvalue weighted by molar-refractivity contribution is 5.92. The minimum atomic E-state index is 0.578. The van der Waals surface area contributed by atoms with Crippen LogP contribution in [0.5, 0.6) is 0 Å². The zero-order chi connectivity index (χ0) is 7.98. The van der Waals surface area contributed by atoms with Crippen molar-refractivity contribution in [2.45, 2.75) is 20.3 Å². The first-order valence-electron chi connectivity index (χ1n) is 3.58. The summed E-state index contributed by atoms with van der Waals surface area (Å²) in [5.41, 5.74) is 0.685. The summed E-state index contributed by atoms with van der Waals surface area (Å²) in [6.07, 6.45) is 4.43. The quantitative estimate of drug-likeness (QED) is 0.574. The molecule has 0 aliphatic rings. The average molecular weight is 140 g/mol. The summed E-state index contributed by atoms with van der Waals surface area (Å²) in [5.74, 6) is 0.578. The van der Waals surface area contributed by atoms with E-state index in [9.17, 15) is 0 Å². The van der Waals surface area contributed by atoms with E-state index in [0.717, 1.165) is 6.42 Å². The maximum absolute atomic E-state index is 7.40. The van der Waals surface area contributed by atoms with Crippen LogP contribution in [-0.2, 0) is 0 Å². The van der Waals surface area contributed by atoms with Gasteiger partial charge in [-0.15, -0.1) is 0 Å². The molecule has 0 heterocycles. The van der Waals surface area contributed by atoms with Crippen LogP contribution in [-0.4, -0.2) is 12.8 Å². The van der Waals surface area contributed by atoms with Crippen molar-refractivity contribution in [3.8, 4) is 0 Å². The highest BCUT2D eigenvalue weighted by Gasteiger charge is 1.95. The number of allylic oxidation sites excluding steroid dienone is 1. The molecule has 0 radical (unpaired) electrons. The third-order valence-corrected chi connectivity index (χ3v) is 1.08. The van der Waals surface area contributed by atoms with Crippen molar-refractivity contribution < 1.29 is 0 Å². The predicted molar refractivity (Wildman–Crippen MR) is 45.4 cm³/mol. The molecule has 2 N–H and O–H groups in total. The zero-order valence-electron chi connectivity index (χ0n) is 6.94. The molecule has 0 atom stereocenters. The van der Waals surface area contributed by atoms with E-state index in [1.807, 2.05) is 7.05 Å². The Bertz CT molecular complexity index is 125. The largest absolute Gasteiger partial charge is 0.394 e. The zero-order valence-corrected chi connectivity index (χ0v) is 6.94. The van der Waals surface area contributed by atoms with E-state index < -0.39 is 0 Å². The fourth-order valence-corrected chi connectivity index (χ4v) is 0.692.